The Hall–Kier alpha value is -1.69. The molecule has 21 heavy (non-hydrogen) atoms. The summed E-state index contributed by atoms with van der Waals surface area (Å²) in [4.78, 5) is 2.25. The third kappa shape index (κ3) is 2.72. The Morgan fingerprint density at radius 2 is 2.10 bits per heavy atom. The van der Waals surface area contributed by atoms with Crippen molar-refractivity contribution < 1.29 is 5.11 Å². The van der Waals surface area contributed by atoms with Gasteiger partial charge in [-0.15, -0.1) is 15.3 Å². The molecule has 3 heterocycles. The third-order valence-electron chi connectivity index (χ3n) is 4.02. The molecule has 0 spiro atoms. The lowest BCUT2D eigenvalue weighted by atomic mass is 9.96. The molecule has 3 rings (SSSR count). The van der Waals surface area contributed by atoms with E-state index in [1.54, 1.807) is 0 Å². The van der Waals surface area contributed by atoms with Crippen LogP contribution in [0.15, 0.2) is 12.1 Å². The Morgan fingerprint density at radius 1 is 1.29 bits per heavy atom. The summed E-state index contributed by atoms with van der Waals surface area (Å²) >= 11 is 0. The monoisotopic (exact) mass is 289 g/mol. The van der Waals surface area contributed by atoms with Gasteiger partial charge in [0.05, 0.1) is 0 Å². The second-order valence-corrected chi connectivity index (χ2v) is 6.87. The van der Waals surface area contributed by atoms with Crippen LogP contribution in [0.2, 0.25) is 0 Å². The van der Waals surface area contributed by atoms with Crippen LogP contribution in [0.25, 0.3) is 5.65 Å². The molecule has 2 aromatic heterocycles. The number of piperidine rings is 1. The summed E-state index contributed by atoms with van der Waals surface area (Å²) in [5.41, 5.74) is 0.681. The van der Waals surface area contributed by atoms with Crippen LogP contribution in [0.5, 0.6) is 0 Å². The summed E-state index contributed by atoms with van der Waals surface area (Å²) in [7, 11) is 0. The van der Waals surface area contributed by atoms with E-state index in [0.717, 1.165) is 43.2 Å². The molecule has 1 aliphatic heterocycles. The van der Waals surface area contributed by atoms with Gasteiger partial charge in [-0.3, -0.25) is 0 Å². The van der Waals surface area contributed by atoms with Crippen LogP contribution in [0.1, 0.15) is 39.4 Å². The van der Waals surface area contributed by atoms with E-state index < -0.39 is 0 Å². The van der Waals surface area contributed by atoms with Crippen molar-refractivity contribution >= 4 is 11.5 Å². The average molecular weight is 289 g/mol. The molecule has 0 radical (unpaired) electrons. The summed E-state index contributed by atoms with van der Waals surface area (Å²) in [6.07, 6.45) is 2.19. The topological polar surface area (TPSA) is 66.5 Å². The van der Waals surface area contributed by atoms with Crippen LogP contribution in [-0.4, -0.2) is 44.6 Å². The molecule has 114 valence electrons. The van der Waals surface area contributed by atoms with Gasteiger partial charge in [0.15, 0.2) is 11.5 Å². The highest BCUT2D eigenvalue weighted by molar-refractivity contribution is 5.46. The highest BCUT2D eigenvalue weighted by Gasteiger charge is 2.24. The fourth-order valence-corrected chi connectivity index (χ4v) is 2.84. The maximum Gasteiger partial charge on any atom is 0.178 e. The SMILES string of the molecule is CC(C)(C)c1nnc2ccc(N3CCCC(CO)C3)nn12. The average Bonchev–Trinajstić information content (AvgIpc) is 2.90. The number of nitrogens with zero attached hydrogens (tertiary/aromatic N) is 5. The van der Waals surface area contributed by atoms with Crippen molar-refractivity contribution in [1.29, 1.82) is 0 Å². The van der Waals surface area contributed by atoms with Crippen LogP contribution >= 0.6 is 0 Å². The van der Waals surface area contributed by atoms with Gasteiger partial charge in [-0.2, -0.15) is 4.52 Å². The van der Waals surface area contributed by atoms with E-state index in [-0.39, 0.29) is 12.0 Å². The molecule has 0 bridgehead atoms. The van der Waals surface area contributed by atoms with Crippen molar-refractivity contribution in [2.45, 2.75) is 39.0 Å². The maximum absolute atomic E-state index is 9.37. The normalized spacial score (nSPS) is 20.2. The number of fused-ring (bicyclic) bond motifs is 1. The van der Waals surface area contributed by atoms with Gasteiger partial charge in [0.2, 0.25) is 0 Å². The maximum atomic E-state index is 9.37. The number of aromatic nitrogens is 4. The Morgan fingerprint density at radius 3 is 2.81 bits per heavy atom. The molecule has 1 atom stereocenters. The van der Waals surface area contributed by atoms with Crippen LogP contribution in [0.4, 0.5) is 5.82 Å². The number of aliphatic hydroxyl groups excluding tert-OH is 1. The van der Waals surface area contributed by atoms with Crippen LogP contribution in [0, 0.1) is 5.92 Å². The summed E-state index contributed by atoms with van der Waals surface area (Å²) in [6, 6.07) is 3.96. The first-order chi connectivity index (χ1) is 9.99. The summed E-state index contributed by atoms with van der Waals surface area (Å²) < 4.78 is 1.85. The van der Waals surface area contributed by atoms with E-state index in [2.05, 4.69) is 35.9 Å². The fourth-order valence-electron chi connectivity index (χ4n) is 2.84. The fraction of sp³-hybridized carbons (Fsp3) is 0.667. The molecular weight excluding hydrogens is 266 g/mol. The third-order valence-corrected chi connectivity index (χ3v) is 4.02. The Balaban J connectivity index is 1.96. The largest absolute Gasteiger partial charge is 0.396 e. The molecule has 0 saturated carbocycles. The highest BCUT2D eigenvalue weighted by atomic mass is 16.3. The molecule has 2 aromatic rings. The number of hydrogen-bond acceptors (Lipinski definition) is 5. The molecule has 1 fully saturated rings. The summed E-state index contributed by atoms with van der Waals surface area (Å²) in [6.45, 7) is 8.43. The molecule has 6 nitrogen and oxygen atoms in total. The van der Waals surface area contributed by atoms with Gasteiger partial charge >= 0.3 is 0 Å². The molecule has 0 amide bonds. The molecular formula is C15H23N5O. The van der Waals surface area contributed by atoms with E-state index >= 15 is 0 Å². The van der Waals surface area contributed by atoms with Gasteiger partial charge < -0.3 is 10.0 Å². The smallest absolute Gasteiger partial charge is 0.178 e. The van der Waals surface area contributed by atoms with E-state index in [0.29, 0.717) is 5.92 Å². The lowest BCUT2D eigenvalue weighted by molar-refractivity contribution is 0.208. The van der Waals surface area contributed by atoms with Gasteiger partial charge in [-0.05, 0) is 30.9 Å². The lowest BCUT2D eigenvalue weighted by Crippen LogP contribution is -2.37. The van der Waals surface area contributed by atoms with E-state index in [9.17, 15) is 5.11 Å². The highest BCUT2D eigenvalue weighted by Crippen LogP contribution is 2.24. The number of rotatable bonds is 2. The first-order valence-electron chi connectivity index (χ1n) is 7.58. The van der Waals surface area contributed by atoms with Crippen molar-refractivity contribution in [3.05, 3.63) is 18.0 Å². The minimum absolute atomic E-state index is 0.0967. The minimum atomic E-state index is -0.0967. The number of anilines is 1. The molecule has 0 aromatic carbocycles. The molecule has 1 aliphatic rings. The predicted octanol–water partition coefficient (Wildman–Crippen LogP) is 1.63. The van der Waals surface area contributed by atoms with Crippen molar-refractivity contribution in [2.75, 3.05) is 24.6 Å². The molecule has 1 unspecified atom stereocenters. The van der Waals surface area contributed by atoms with Gasteiger partial charge in [0, 0.05) is 25.1 Å². The molecule has 1 saturated heterocycles. The van der Waals surface area contributed by atoms with E-state index in [1.165, 1.54) is 0 Å². The second kappa shape index (κ2) is 5.26. The predicted molar refractivity (Wildman–Crippen MR) is 81.5 cm³/mol. The zero-order valence-electron chi connectivity index (χ0n) is 13.0. The van der Waals surface area contributed by atoms with E-state index in [4.69, 9.17) is 5.10 Å². The van der Waals surface area contributed by atoms with Crippen LogP contribution in [-0.2, 0) is 5.41 Å². The van der Waals surface area contributed by atoms with Gasteiger partial charge in [0.1, 0.15) is 5.82 Å². The molecule has 1 N–H and O–H groups in total. The lowest BCUT2D eigenvalue weighted by Gasteiger charge is -2.32. The van der Waals surface area contributed by atoms with Crippen LogP contribution < -0.4 is 4.90 Å². The van der Waals surface area contributed by atoms with Gasteiger partial charge in [-0.25, -0.2) is 0 Å². The summed E-state index contributed by atoms with van der Waals surface area (Å²) in [5, 5.41) is 22.6. The standard InChI is InChI=1S/C15H23N5O/c1-15(2,3)14-17-16-12-6-7-13(18-20(12)14)19-8-4-5-11(9-19)10-21/h6-7,11,21H,4-5,8-10H2,1-3H3. The molecule has 6 heteroatoms. The quantitative estimate of drug-likeness (QED) is 0.910. The zero-order valence-corrected chi connectivity index (χ0v) is 13.0. The zero-order chi connectivity index (χ0) is 15.0. The Labute approximate surface area is 124 Å². The van der Waals surface area contributed by atoms with E-state index in [1.807, 2.05) is 16.6 Å². The molecule has 0 aliphatic carbocycles. The van der Waals surface area contributed by atoms with Crippen molar-refractivity contribution in [3.8, 4) is 0 Å². The second-order valence-electron chi connectivity index (χ2n) is 6.87. The Bertz CT molecular complexity index is 631. The Kier molecular flexibility index (Phi) is 3.57. The summed E-state index contributed by atoms with van der Waals surface area (Å²) in [5.74, 6) is 2.15. The number of hydrogen-bond donors (Lipinski definition) is 1. The van der Waals surface area contributed by atoms with Crippen molar-refractivity contribution in [1.82, 2.24) is 19.8 Å². The number of aliphatic hydroxyl groups is 1. The van der Waals surface area contributed by atoms with Gasteiger partial charge in [-0.1, -0.05) is 20.8 Å². The minimum Gasteiger partial charge on any atom is -0.396 e. The van der Waals surface area contributed by atoms with Crippen molar-refractivity contribution in [3.63, 3.8) is 0 Å². The van der Waals surface area contributed by atoms with Crippen molar-refractivity contribution in [2.24, 2.45) is 5.92 Å². The van der Waals surface area contributed by atoms with Crippen LogP contribution in [0.3, 0.4) is 0 Å². The first kappa shape index (κ1) is 14.3. The van der Waals surface area contributed by atoms with Gasteiger partial charge in [0.25, 0.3) is 0 Å². The first-order valence-corrected chi connectivity index (χ1v) is 7.58.